The Morgan fingerprint density at radius 2 is 2.36 bits per heavy atom. The molecule has 0 aromatic carbocycles. The molecule has 0 radical (unpaired) electrons. The van der Waals surface area contributed by atoms with Crippen LogP contribution in [0.2, 0.25) is 0 Å². The van der Waals surface area contributed by atoms with Crippen molar-refractivity contribution in [2.45, 2.75) is 30.9 Å². The van der Waals surface area contributed by atoms with Crippen molar-refractivity contribution in [2.24, 2.45) is 0 Å². The second-order valence-electron chi connectivity index (χ2n) is 3.33. The van der Waals surface area contributed by atoms with Gasteiger partial charge in [-0.25, -0.2) is 4.79 Å². The Labute approximate surface area is 93.6 Å². The molecule has 3 nitrogen and oxygen atoms in total. The highest BCUT2D eigenvalue weighted by Gasteiger charge is 2.15. The molecule has 1 rings (SSSR count). The van der Waals surface area contributed by atoms with E-state index in [0.29, 0.717) is 0 Å². The van der Waals surface area contributed by atoms with E-state index >= 15 is 0 Å². The van der Waals surface area contributed by atoms with Crippen LogP contribution in [0.3, 0.4) is 0 Å². The molecule has 1 heterocycles. The van der Waals surface area contributed by atoms with Crippen molar-refractivity contribution in [2.75, 3.05) is 19.3 Å². The highest BCUT2D eigenvalue weighted by atomic mass is 33.1. The molecule has 1 unspecified atom stereocenters. The maximum atomic E-state index is 10.8. The summed E-state index contributed by atoms with van der Waals surface area (Å²) in [4.78, 5) is 10.8. The largest absolute Gasteiger partial charge is 0.341 e. The fourth-order valence-corrected chi connectivity index (χ4v) is 4.38. The van der Waals surface area contributed by atoms with Gasteiger partial charge in [0.2, 0.25) is 0 Å². The van der Waals surface area contributed by atoms with Crippen LogP contribution in [-0.4, -0.2) is 30.6 Å². The topological polar surface area (TPSA) is 41.1 Å². The van der Waals surface area contributed by atoms with Crippen molar-refractivity contribution in [3.63, 3.8) is 0 Å². The number of nitrogens with one attached hydrogen (secondary N) is 2. The van der Waals surface area contributed by atoms with Gasteiger partial charge in [0.1, 0.15) is 0 Å². The molecular formula is C9H18N2OS2. The molecule has 0 aliphatic carbocycles. The molecule has 1 fully saturated rings. The van der Waals surface area contributed by atoms with Crippen LogP contribution in [0.1, 0.15) is 25.7 Å². The Morgan fingerprint density at radius 3 is 3.00 bits per heavy atom. The van der Waals surface area contributed by atoms with Crippen LogP contribution in [0.4, 0.5) is 4.79 Å². The number of carbonyl (C=O) groups is 1. The Kier molecular flexibility index (Phi) is 6.27. The van der Waals surface area contributed by atoms with Crippen LogP contribution >= 0.6 is 21.6 Å². The second-order valence-corrected chi connectivity index (χ2v) is 6.12. The summed E-state index contributed by atoms with van der Waals surface area (Å²) in [5.41, 5.74) is 0. The average molecular weight is 234 g/mol. The molecule has 0 bridgehead atoms. The lowest BCUT2D eigenvalue weighted by Crippen LogP contribution is -2.33. The lowest BCUT2D eigenvalue weighted by Gasteiger charge is -2.07. The van der Waals surface area contributed by atoms with Crippen molar-refractivity contribution in [1.82, 2.24) is 10.6 Å². The number of carbonyl (C=O) groups excluding carboxylic acids is 1. The number of urea groups is 1. The number of amides is 2. The van der Waals surface area contributed by atoms with Crippen LogP contribution in [0.25, 0.3) is 0 Å². The van der Waals surface area contributed by atoms with Crippen LogP contribution in [-0.2, 0) is 0 Å². The summed E-state index contributed by atoms with van der Waals surface area (Å²) >= 11 is 0. The molecular weight excluding hydrogens is 216 g/mol. The SMILES string of the molecule is CNC(=O)NCCCCC1CCSS1. The van der Waals surface area contributed by atoms with Crippen molar-refractivity contribution >= 4 is 27.6 Å². The van der Waals surface area contributed by atoms with E-state index < -0.39 is 0 Å². The summed E-state index contributed by atoms with van der Waals surface area (Å²) in [6, 6.07) is -0.0733. The van der Waals surface area contributed by atoms with Gasteiger partial charge in [-0.2, -0.15) is 0 Å². The third-order valence-electron chi connectivity index (χ3n) is 2.19. The van der Waals surface area contributed by atoms with Gasteiger partial charge in [0.15, 0.2) is 0 Å². The normalized spacial score (nSPS) is 20.8. The predicted octanol–water partition coefficient (Wildman–Crippen LogP) is 2.24. The van der Waals surface area contributed by atoms with E-state index in [1.807, 2.05) is 21.6 Å². The first-order valence-electron chi connectivity index (χ1n) is 5.07. The van der Waals surface area contributed by atoms with Crippen LogP contribution < -0.4 is 10.6 Å². The van der Waals surface area contributed by atoms with Gasteiger partial charge < -0.3 is 10.6 Å². The fourth-order valence-electron chi connectivity index (χ4n) is 1.35. The number of hydrogen-bond donors (Lipinski definition) is 2. The van der Waals surface area contributed by atoms with Gasteiger partial charge in [0.25, 0.3) is 0 Å². The third kappa shape index (κ3) is 5.00. The third-order valence-corrected chi connectivity index (χ3v) is 5.20. The molecule has 2 N–H and O–H groups in total. The highest BCUT2D eigenvalue weighted by molar-refractivity contribution is 8.77. The molecule has 0 aromatic rings. The molecule has 0 aromatic heterocycles. The quantitative estimate of drug-likeness (QED) is 0.566. The summed E-state index contributed by atoms with van der Waals surface area (Å²) in [5, 5.41) is 6.20. The zero-order chi connectivity index (χ0) is 10.2. The summed E-state index contributed by atoms with van der Waals surface area (Å²) in [6.45, 7) is 0.796. The van der Waals surface area contributed by atoms with Gasteiger partial charge in [0, 0.05) is 24.6 Å². The number of rotatable bonds is 5. The summed E-state index contributed by atoms with van der Waals surface area (Å²) in [7, 11) is 5.66. The van der Waals surface area contributed by atoms with Crippen LogP contribution in [0.5, 0.6) is 0 Å². The first-order valence-corrected chi connectivity index (χ1v) is 7.45. The van der Waals surface area contributed by atoms with E-state index in [0.717, 1.165) is 18.2 Å². The van der Waals surface area contributed by atoms with Gasteiger partial charge in [0.05, 0.1) is 0 Å². The van der Waals surface area contributed by atoms with Crippen molar-refractivity contribution in [3.8, 4) is 0 Å². The molecule has 2 amide bonds. The minimum absolute atomic E-state index is 0.0733. The number of unbranched alkanes of at least 4 members (excludes halogenated alkanes) is 1. The van der Waals surface area contributed by atoms with E-state index in [1.165, 1.54) is 25.0 Å². The standard InChI is InChI=1S/C9H18N2OS2/c1-10-9(12)11-6-3-2-4-8-5-7-13-14-8/h8H,2-7H2,1H3,(H2,10,11,12). The Morgan fingerprint density at radius 1 is 1.50 bits per heavy atom. The first-order chi connectivity index (χ1) is 6.83. The van der Waals surface area contributed by atoms with E-state index in [9.17, 15) is 4.79 Å². The van der Waals surface area contributed by atoms with Gasteiger partial charge in [-0.1, -0.05) is 28.0 Å². The predicted molar refractivity (Wildman–Crippen MR) is 64.8 cm³/mol. The second kappa shape index (κ2) is 7.29. The Bertz CT molecular complexity index is 172. The molecule has 0 spiro atoms. The van der Waals surface area contributed by atoms with E-state index in [1.54, 1.807) is 7.05 Å². The Hall–Kier alpha value is -0.0300. The van der Waals surface area contributed by atoms with Gasteiger partial charge in [-0.3, -0.25) is 0 Å². The highest BCUT2D eigenvalue weighted by Crippen LogP contribution is 2.39. The van der Waals surface area contributed by atoms with Crippen LogP contribution in [0, 0.1) is 0 Å². The summed E-state index contributed by atoms with van der Waals surface area (Å²) in [5.74, 6) is 1.31. The lowest BCUT2D eigenvalue weighted by molar-refractivity contribution is 0.242. The maximum absolute atomic E-state index is 10.8. The minimum atomic E-state index is -0.0733. The molecule has 5 heteroatoms. The minimum Gasteiger partial charge on any atom is -0.341 e. The van der Waals surface area contributed by atoms with E-state index in [-0.39, 0.29) is 6.03 Å². The van der Waals surface area contributed by atoms with E-state index in [4.69, 9.17) is 0 Å². The fraction of sp³-hybridized carbons (Fsp3) is 0.889. The average Bonchev–Trinajstić information content (AvgIpc) is 2.69. The molecule has 1 aliphatic rings. The lowest BCUT2D eigenvalue weighted by atomic mass is 10.1. The molecule has 1 aliphatic heterocycles. The smallest absolute Gasteiger partial charge is 0.314 e. The Balaban J connectivity index is 1.86. The molecule has 82 valence electrons. The molecule has 1 atom stereocenters. The van der Waals surface area contributed by atoms with Gasteiger partial charge in [-0.15, -0.1) is 0 Å². The van der Waals surface area contributed by atoms with Gasteiger partial charge >= 0.3 is 6.03 Å². The van der Waals surface area contributed by atoms with Crippen molar-refractivity contribution < 1.29 is 4.79 Å². The summed E-state index contributed by atoms with van der Waals surface area (Å²) < 4.78 is 0. The first kappa shape index (κ1) is 12.0. The summed E-state index contributed by atoms with van der Waals surface area (Å²) in [6.07, 6.45) is 4.97. The zero-order valence-corrected chi connectivity index (χ0v) is 10.2. The van der Waals surface area contributed by atoms with E-state index in [2.05, 4.69) is 10.6 Å². The zero-order valence-electron chi connectivity index (χ0n) is 8.54. The van der Waals surface area contributed by atoms with Gasteiger partial charge in [-0.05, 0) is 19.3 Å². The van der Waals surface area contributed by atoms with Crippen LogP contribution in [0.15, 0.2) is 0 Å². The van der Waals surface area contributed by atoms with Crippen molar-refractivity contribution in [1.29, 1.82) is 0 Å². The molecule has 1 saturated heterocycles. The number of hydrogen-bond acceptors (Lipinski definition) is 3. The van der Waals surface area contributed by atoms with Crippen molar-refractivity contribution in [3.05, 3.63) is 0 Å². The monoisotopic (exact) mass is 234 g/mol. The molecule has 0 saturated carbocycles. The maximum Gasteiger partial charge on any atom is 0.314 e. The molecule has 14 heavy (non-hydrogen) atoms.